The Kier molecular flexibility index (Phi) is 5.61. The topological polar surface area (TPSA) is 49.0 Å². The number of fused-ring (bicyclic) bond motifs is 1. The average molecular weight is 454 g/mol. The molecule has 1 N–H and O–H groups in total. The molecule has 156 valence electrons. The van der Waals surface area contributed by atoms with Gasteiger partial charge in [-0.25, -0.2) is 4.98 Å². The van der Waals surface area contributed by atoms with Crippen LogP contribution in [0.15, 0.2) is 47.3 Å². The smallest absolute Gasteiger partial charge is 0.306 e. The lowest BCUT2D eigenvalue weighted by Gasteiger charge is -2.27. The maximum absolute atomic E-state index is 12.8. The monoisotopic (exact) mass is 453 g/mol. The van der Waals surface area contributed by atoms with Crippen LogP contribution in [-0.4, -0.2) is 21.4 Å². The Morgan fingerprint density at radius 1 is 1.07 bits per heavy atom. The van der Waals surface area contributed by atoms with Crippen molar-refractivity contribution in [2.45, 2.75) is 25.7 Å². The summed E-state index contributed by atoms with van der Waals surface area (Å²) in [4.78, 5) is 21.9. The van der Waals surface area contributed by atoms with E-state index >= 15 is 0 Å². The Balaban J connectivity index is 1.55. The summed E-state index contributed by atoms with van der Waals surface area (Å²) in [6, 6.07) is 10.0. The minimum absolute atomic E-state index is 0.269. The number of halogens is 5. The van der Waals surface area contributed by atoms with Crippen LogP contribution in [-0.2, 0) is 25.7 Å². The number of benzene rings is 2. The molecule has 1 aliphatic heterocycles. The van der Waals surface area contributed by atoms with Gasteiger partial charge in [-0.05, 0) is 29.8 Å². The summed E-state index contributed by atoms with van der Waals surface area (Å²) in [5.41, 5.74) is 1.62. The average Bonchev–Trinajstić information content (AvgIpc) is 2.70. The van der Waals surface area contributed by atoms with Crippen molar-refractivity contribution >= 4 is 23.2 Å². The van der Waals surface area contributed by atoms with Crippen molar-refractivity contribution in [1.82, 2.24) is 14.9 Å². The number of alkyl halides is 3. The van der Waals surface area contributed by atoms with E-state index in [9.17, 15) is 18.0 Å². The number of nitrogens with one attached hydrogen (secondary N) is 1. The number of H-pyrrole nitrogens is 1. The SMILES string of the molecule is O=c1[nH]c(-c2ccc(C(F)(F)F)cc2)nc2c1CN(Cc1ccc(Cl)c(Cl)c1)CC2. The predicted octanol–water partition coefficient (Wildman–Crippen LogP) is 5.32. The Labute approximate surface area is 180 Å². The van der Waals surface area contributed by atoms with E-state index < -0.39 is 11.7 Å². The molecule has 0 saturated heterocycles. The van der Waals surface area contributed by atoms with Crippen LogP contribution in [0.3, 0.4) is 0 Å². The molecular formula is C21H16Cl2F3N3O. The number of nitrogens with zero attached hydrogens (tertiary/aromatic N) is 2. The molecule has 2 aromatic carbocycles. The van der Waals surface area contributed by atoms with Gasteiger partial charge in [0.2, 0.25) is 0 Å². The maximum atomic E-state index is 12.8. The van der Waals surface area contributed by atoms with Gasteiger partial charge >= 0.3 is 6.18 Å². The Hall–Kier alpha value is -2.35. The molecule has 4 rings (SSSR count). The molecule has 0 radical (unpaired) electrons. The van der Waals surface area contributed by atoms with Gasteiger partial charge in [0.1, 0.15) is 5.82 Å². The van der Waals surface area contributed by atoms with Gasteiger partial charge in [-0.3, -0.25) is 9.69 Å². The van der Waals surface area contributed by atoms with Crippen molar-refractivity contribution in [3.05, 3.63) is 85.2 Å². The summed E-state index contributed by atoms with van der Waals surface area (Å²) in [7, 11) is 0. The normalized spacial score (nSPS) is 14.6. The van der Waals surface area contributed by atoms with Crippen LogP contribution in [0.5, 0.6) is 0 Å². The lowest BCUT2D eigenvalue weighted by molar-refractivity contribution is -0.137. The van der Waals surface area contributed by atoms with Crippen molar-refractivity contribution < 1.29 is 13.2 Å². The molecule has 0 amide bonds. The molecule has 0 fully saturated rings. The first-order valence-corrected chi connectivity index (χ1v) is 9.92. The molecule has 30 heavy (non-hydrogen) atoms. The summed E-state index contributed by atoms with van der Waals surface area (Å²) in [5, 5.41) is 0.966. The summed E-state index contributed by atoms with van der Waals surface area (Å²) in [6.45, 7) is 1.72. The van der Waals surface area contributed by atoms with Crippen LogP contribution < -0.4 is 5.56 Å². The van der Waals surface area contributed by atoms with Crippen LogP contribution in [0.25, 0.3) is 11.4 Å². The van der Waals surface area contributed by atoms with E-state index in [1.54, 1.807) is 12.1 Å². The molecule has 3 aromatic rings. The molecular weight excluding hydrogens is 438 g/mol. The zero-order valence-corrected chi connectivity index (χ0v) is 17.1. The zero-order chi connectivity index (χ0) is 21.5. The molecule has 4 nitrogen and oxygen atoms in total. The zero-order valence-electron chi connectivity index (χ0n) is 15.6. The van der Waals surface area contributed by atoms with E-state index in [0.717, 1.165) is 17.7 Å². The van der Waals surface area contributed by atoms with E-state index in [1.807, 2.05) is 6.07 Å². The molecule has 0 atom stereocenters. The lowest BCUT2D eigenvalue weighted by atomic mass is 10.0. The summed E-state index contributed by atoms with van der Waals surface area (Å²) in [6.07, 6.45) is -3.85. The Morgan fingerprint density at radius 3 is 2.47 bits per heavy atom. The van der Waals surface area contributed by atoms with Crippen molar-refractivity contribution in [1.29, 1.82) is 0 Å². The fourth-order valence-corrected chi connectivity index (χ4v) is 3.79. The highest BCUT2D eigenvalue weighted by Gasteiger charge is 2.30. The van der Waals surface area contributed by atoms with Gasteiger partial charge in [-0.2, -0.15) is 13.2 Å². The van der Waals surface area contributed by atoms with Gasteiger partial charge < -0.3 is 4.98 Å². The minimum atomic E-state index is -4.41. The van der Waals surface area contributed by atoms with E-state index in [-0.39, 0.29) is 11.4 Å². The Morgan fingerprint density at radius 2 is 1.80 bits per heavy atom. The highest BCUT2D eigenvalue weighted by molar-refractivity contribution is 6.42. The number of hydrogen-bond donors (Lipinski definition) is 1. The number of hydrogen-bond acceptors (Lipinski definition) is 3. The van der Waals surface area contributed by atoms with E-state index in [1.165, 1.54) is 12.1 Å². The molecule has 0 saturated carbocycles. The summed E-state index contributed by atoms with van der Waals surface area (Å²) >= 11 is 12.0. The highest BCUT2D eigenvalue weighted by atomic mass is 35.5. The Bertz CT molecular complexity index is 1140. The van der Waals surface area contributed by atoms with E-state index in [4.69, 9.17) is 23.2 Å². The highest BCUT2D eigenvalue weighted by Crippen LogP contribution is 2.30. The second-order valence-electron chi connectivity index (χ2n) is 7.12. The van der Waals surface area contributed by atoms with Gasteiger partial charge in [0, 0.05) is 31.6 Å². The molecule has 0 unspecified atom stereocenters. The summed E-state index contributed by atoms with van der Waals surface area (Å²) in [5.74, 6) is 0.269. The van der Waals surface area contributed by atoms with Gasteiger partial charge in [-0.1, -0.05) is 41.4 Å². The van der Waals surface area contributed by atoms with E-state index in [0.29, 0.717) is 52.9 Å². The van der Waals surface area contributed by atoms with Crippen molar-refractivity contribution in [3.8, 4) is 11.4 Å². The predicted molar refractivity (Wildman–Crippen MR) is 110 cm³/mol. The van der Waals surface area contributed by atoms with E-state index in [2.05, 4.69) is 14.9 Å². The molecule has 9 heteroatoms. The van der Waals surface area contributed by atoms with Crippen LogP contribution in [0, 0.1) is 0 Å². The van der Waals surface area contributed by atoms with Crippen LogP contribution >= 0.6 is 23.2 Å². The molecule has 1 aromatic heterocycles. The molecule has 0 spiro atoms. The van der Waals surface area contributed by atoms with Gasteiger partial charge in [-0.15, -0.1) is 0 Å². The fraction of sp³-hybridized carbons (Fsp3) is 0.238. The van der Waals surface area contributed by atoms with Crippen molar-refractivity contribution in [2.24, 2.45) is 0 Å². The van der Waals surface area contributed by atoms with Crippen LogP contribution in [0.1, 0.15) is 22.4 Å². The number of rotatable bonds is 3. The first-order chi connectivity index (χ1) is 14.2. The minimum Gasteiger partial charge on any atom is -0.306 e. The van der Waals surface area contributed by atoms with Gasteiger partial charge in [0.15, 0.2) is 0 Å². The first kappa shape index (κ1) is 20.9. The quantitative estimate of drug-likeness (QED) is 0.583. The lowest BCUT2D eigenvalue weighted by Crippen LogP contribution is -2.35. The third-order valence-electron chi connectivity index (χ3n) is 5.02. The second-order valence-corrected chi connectivity index (χ2v) is 7.94. The second kappa shape index (κ2) is 8.06. The van der Waals surface area contributed by atoms with Crippen molar-refractivity contribution in [3.63, 3.8) is 0 Å². The third kappa shape index (κ3) is 4.38. The molecule has 1 aliphatic rings. The molecule has 2 heterocycles. The third-order valence-corrected chi connectivity index (χ3v) is 5.76. The summed E-state index contributed by atoms with van der Waals surface area (Å²) < 4.78 is 38.3. The largest absolute Gasteiger partial charge is 0.416 e. The fourth-order valence-electron chi connectivity index (χ4n) is 3.47. The van der Waals surface area contributed by atoms with Gasteiger partial charge in [0.25, 0.3) is 5.56 Å². The van der Waals surface area contributed by atoms with Crippen LogP contribution in [0.2, 0.25) is 10.0 Å². The molecule has 0 aliphatic carbocycles. The maximum Gasteiger partial charge on any atom is 0.416 e. The van der Waals surface area contributed by atoms with Crippen molar-refractivity contribution in [2.75, 3.05) is 6.54 Å². The van der Waals surface area contributed by atoms with Gasteiger partial charge in [0.05, 0.1) is 26.9 Å². The molecule has 0 bridgehead atoms. The number of aromatic amines is 1. The number of aromatic nitrogens is 2. The first-order valence-electron chi connectivity index (χ1n) is 9.16. The standard InChI is InChI=1S/C21H16Cl2F3N3O/c22-16-6-1-12(9-17(16)23)10-29-8-7-18-15(11-29)20(30)28-19(27-18)13-2-4-14(5-3-13)21(24,25)26/h1-6,9H,7-8,10-11H2,(H,27,28,30). The van der Waals surface area contributed by atoms with Crippen LogP contribution in [0.4, 0.5) is 13.2 Å².